The molecule has 1 atom stereocenters. The number of carbonyl (C=O) groups excluding carboxylic acids is 1. The number of aromatic nitrogens is 1. The topological polar surface area (TPSA) is 54.9 Å². The van der Waals surface area contributed by atoms with Crippen molar-refractivity contribution in [3.63, 3.8) is 0 Å². The SMILES string of the molecule is COc1ccc(CN2CCCC3(CC2)CN(c2cccc(F)c2)C(=O)CO3)cn1. The van der Waals surface area contributed by atoms with E-state index in [9.17, 15) is 9.18 Å². The lowest BCUT2D eigenvalue weighted by Crippen LogP contribution is -2.55. The van der Waals surface area contributed by atoms with Crippen LogP contribution in [0.5, 0.6) is 5.88 Å². The van der Waals surface area contributed by atoms with E-state index in [4.69, 9.17) is 9.47 Å². The number of benzene rings is 1. The summed E-state index contributed by atoms with van der Waals surface area (Å²) in [5.41, 5.74) is 1.36. The Balaban J connectivity index is 1.43. The van der Waals surface area contributed by atoms with Crippen molar-refractivity contribution in [2.45, 2.75) is 31.4 Å². The number of methoxy groups -OCH3 is 1. The fraction of sp³-hybridized carbons (Fsp3) is 0.455. The maximum absolute atomic E-state index is 13.7. The van der Waals surface area contributed by atoms with Crippen LogP contribution in [0.15, 0.2) is 42.6 Å². The number of morpholine rings is 1. The first-order valence-electron chi connectivity index (χ1n) is 9.98. The highest BCUT2D eigenvalue weighted by molar-refractivity contribution is 5.95. The second-order valence-corrected chi connectivity index (χ2v) is 7.77. The maximum Gasteiger partial charge on any atom is 0.253 e. The molecule has 0 radical (unpaired) electrons. The lowest BCUT2D eigenvalue weighted by molar-refractivity contribution is -0.140. The van der Waals surface area contributed by atoms with Gasteiger partial charge in [-0.05, 0) is 49.6 Å². The average Bonchev–Trinajstić information content (AvgIpc) is 2.93. The van der Waals surface area contributed by atoms with Crippen LogP contribution in [0.1, 0.15) is 24.8 Å². The molecule has 1 unspecified atom stereocenters. The van der Waals surface area contributed by atoms with E-state index in [1.54, 1.807) is 24.1 Å². The van der Waals surface area contributed by atoms with Gasteiger partial charge in [-0.3, -0.25) is 9.69 Å². The average molecular weight is 399 g/mol. The standard InChI is InChI=1S/C22H26FN3O3/c1-28-20-7-6-17(13-24-20)14-25-10-3-8-22(9-11-25)16-26(21(27)15-29-22)19-5-2-4-18(23)12-19/h2,4-7,12-13H,3,8-11,14-16H2,1H3. The van der Waals surface area contributed by atoms with Crippen molar-refractivity contribution in [2.24, 2.45) is 0 Å². The number of amides is 1. The largest absolute Gasteiger partial charge is 0.481 e. The van der Waals surface area contributed by atoms with E-state index in [-0.39, 0.29) is 23.9 Å². The highest BCUT2D eigenvalue weighted by Crippen LogP contribution is 2.33. The lowest BCUT2D eigenvalue weighted by Gasteiger charge is -2.42. The van der Waals surface area contributed by atoms with Gasteiger partial charge in [-0.1, -0.05) is 12.1 Å². The van der Waals surface area contributed by atoms with E-state index >= 15 is 0 Å². The molecule has 1 aromatic carbocycles. The van der Waals surface area contributed by atoms with Gasteiger partial charge in [0.15, 0.2) is 0 Å². The zero-order valence-corrected chi connectivity index (χ0v) is 16.6. The second-order valence-electron chi connectivity index (χ2n) is 7.77. The molecule has 0 saturated carbocycles. The molecule has 7 heteroatoms. The van der Waals surface area contributed by atoms with Crippen molar-refractivity contribution < 1.29 is 18.7 Å². The summed E-state index contributed by atoms with van der Waals surface area (Å²) in [7, 11) is 1.61. The van der Waals surface area contributed by atoms with Crippen LogP contribution >= 0.6 is 0 Å². The number of pyridine rings is 1. The van der Waals surface area contributed by atoms with Crippen molar-refractivity contribution in [1.29, 1.82) is 0 Å². The third-order valence-corrected chi connectivity index (χ3v) is 5.77. The Bertz CT molecular complexity index is 861. The van der Waals surface area contributed by atoms with Gasteiger partial charge >= 0.3 is 0 Å². The van der Waals surface area contributed by atoms with Crippen molar-refractivity contribution in [2.75, 3.05) is 38.3 Å². The highest BCUT2D eigenvalue weighted by Gasteiger charge is 2.41. The number of hydrogen-bond donors (Lipinski definition) is 0. The summed E-state index contributed by atoms with van der Waals surface area (Å²) < 4.78 is 24.9. The lowest BCUT2D eigenvalue weighted by atomic mass is 9.92. The van der Waals surface area contributed by atoms with Gasteiger partial charge in [0.25, 0.3) is 5.91 Å². The molecular formula is C22H26FN3O3. The van der Waals surface area contributed by atoms with Gasteiger partial charge in [0, 0.05) is 31.0 Å². The van der Waals surface area contributed by atoms with Crippen molar-refractivity contribution in [1.82, 2.24) is 9.88 Å². The quantitative estimate of drug-likeness (QED) is 0.791. The first-order valence-corrected chi connectivity index (χ1v) is 9.98. The molecule has 0 bridgehead atoms. The van der Waals surface area contributed by atoms with Crippen LogP contribution in [-0.4, -0.2) is 54.7 Å². The Labute approximate surface area is 170 Å². The van der Waals surface area contributed by atoms with Gasteiger partial charge in [0.1, 0.15) is 12.4 Å². The zero-order chi connectivity index (χ0) is 20.3. The molecule has 2 aromatic rings. The third kappa shape index (κ3) is 4.57. The van der Waals surface area contributed by atoms with E-state index < -0.39 is 0 Å². The summed E-state index contributed by atoms with van der Waals surface area (Å²) >= 11 is 0. The van der Waals surface area contributed by atoms with Crippen LogP contribution in [0.25, 0.3) is 0 Å². The summed E-state index contributed by atoms with van der Waals surface area (Å²) in [5, 5.41) is 0. The molecule has 2 aliphatic rings. The van der Waals surface area contributed by atoms with Gasteiger partial charge in [0.05, 0.1) is 19.3 Å². The normalized spacial score (nSPS) is 23.2. The summed E-state index contributed by atoms with van der Waals surface area (Å²) in [6.07, 6.45) is 4.54. The number of halogens is 1. The molecule has 0 aliphatic carbocycles. The predicted octanol–water partition coefficient (Wildman–Crippen LogP) is 3.02. The minimum Gasteiger partial charge on any atom is -0.481 e. The first kappa shape index (κ1) is 19.8. The molecule has 1 amide bonds. The summed E-state index contributed by atoms with van der Waals surface area (Å²) in [6, 6.07) is 10.1. The van der Waals surface area contributed by atoms with E-state index in [2.05, 4.69) is 9.88 Å². The summed E-state index contributed by atoms with van der Waals surface area (Å²) in [4.78, 5) is 20.8. The fourth-order valence-corrected chi connectivity index (χ4v) is 4.16. The third-order valence-electron chi connectivity index (χ3n) is 5.77. The molecule has 2 saturated heterocycles. The highest BCUT2D eigenvalue weighted by atomic mass is 19.1. The predicted molar refractivity (Wildman–Crippen MR) is 107 cm³/mol. The molecule has 0 N–H and O–H groups in total. The van der Waals surface area contributed by atoms with E-state index in [0.29, 0.717) is 18.1 Å². The van der Waals surface area contributed by atoms with E-state index in [1.807, 2.05) is 18.3 Å². The van der Waals surface area contributed by atoms with Crippen LogP contribution in [0, 0.1) is 5.82 Å². The number of anilines is 1. The van der Waals surface area contributed by atoms with Crippen LogP contribution < -0.4 is 9.64 Å². The first-order chi connectivity index (χ1) is 14.1. The van der Waals surface area contributed by atoms with Crippen LogP contribution in [0.3, 0.4) is 0 Å². The summed E-state index contributed by atoms with van der Waals surface area (Å²) in [6.45, 7) is 3.16. The second kappa shape index (κ2) is 8.47. The molecule has 154 valence electrons. The molecule has 6 nitrogen and oxygen atoms in total. The van der Waals surface area contributed by atoms with Gasteiger partial charge in [-0.2, -0.15) is 0 Å². The van der Waals surface area contributed by atoms with Crippen LogP contribution in [-0.2, 0) is 16.1 Å². The van der Waals surface area contributed by atoms with Crippen molar-refractivity contribution in [3.8, 4) is 5.88 Å². The zero-order valence-electron chi connectivity index (χ0n) is 16.6. The molecule has 3 heterocycles. The number of likely N-dealkylation sites (tertiary alicyclic amines) is 1. The Morgan fingerprint density at radius 3 is 2.90 bits per heavy atom. The Morgan fingerprint density at radius 2 is 2.14 bits per heavy atom. The van der Waals surface area contributed by atoms with Gasteiger partial charge in [-0.25, -0.2) is 9.37 Å². The Kier molecular flexibility index (Phi) is 5.78. The number of ether oxygens (including phenoxy) is 2. The molecule has 1 spiro atoms. The maximum atomic E-state index is 13.7. The Morgan fingerprint density at radius 1 is 1.24 bits per heavy atom. The monoisotopic (exact) mass is 399 g/mol. The van der Waals surface area contributed by atoms with E-state index in [1.165, 1.54) is 12.1 Å². The number of hydrogen-bond acceptors (Lipinski definition) is 5. The summed E-state index contributed by atoms with van der Waals surface area (Å²) in [5.74, 6) is 0.156. The minimum absolute atomic E-state index is 0.0406. The molecule has 1 aromatic heterocycles. The van der Waals surface area contributed by atoms with Crippen molar-refractivity contribution in [3.05, 3.63) is 54.0 Å². The molecule has 2 aliphatic heterocycles. The van der Waals surface area contributed by atoms with Gasteiger partial charge in [0.2, 0.25) is 5.88 Å². The number of carbonyl (C=O) groups is 1. The van der Waals surface area contributed by atoms with Crippen molar-refractivity contribution >= 4 is 11.6 Å². The smallest absolute Gasteiger partial charge is 0.253 e. The van der Waals surface area contributed by atoms with Crippen LogP contribution in [0.4, 0.5) is 10.1 Å². The van der Waals surface area contributed by atoms with Crippen LogP contribution in [0.2, 0.25) is 0 Å². The fourth-order valence-electron chi connectivity index (χ4n) is 4.16. The minimum atomic E-state index is -0.382. The van der Waals surface area contributed by atoms with Gasteiger partial charge < -0.3 is 14.4 Å². The number of rotatable bonds is 4. The Hall–Kier alpha value is -2.51. The molecule has 4 rings (SSSR count). The molecular weight excluding hydrogens is 373 g/mol. The molecule has 2 fully saturated rings. The van der Waals surface area contributed by atoms with Gasteiger partial charge in [-0.15, -0.1) is 0 Å². The number of nitrogens with zero attached hydrogens (tertiary/aromatic N) is 3. The molecule has 29 heavy (non-hydrogen) atoms. The van der Waals surface area contributed by atoms with E-state index in [0.717, 1.165) is 44.5 Å².